The smallest absolute Gasteiger partial charge is 0.267 e. The minimum atomic E-state index is -3.89. The second-order valence-electron chi connectivity index (χ2n) is 7.55. The fourth-order valence-corrected chi connectivity index (χ4v) is 5.06. The number of ether oxygens (including phenoxy) is 2. The van der Waals surface area contributed by atoms with Gasteiger partial charge in [-0.3, -0.25) is 9.10 Å². The van der Waals surface area contributed by atoms with Crippen molar-refractivity contribution in [3.63, 3.8) is 0 Å². The minimum Gasteiger partial charge on any atom is -0.476 e. The van der Waals surface area contributed by atoms with Gasteiger partial charge in [0.15, 0.2) is 6.10 Å². The number of anilines is 2. The van der Waals surface area contributed by atoms with E-state index in [-0.39, 0.29) is 11.4 Å². The highest BCUT2D eigenvalue weighted by Gasteiger charge is 2.37. The maximum Gasteiger partial charge on any atom is 0.267 e. The Kier molecular flexibility index (Phi) is 6.16. The van der Waals surface area contributed by atoms with Gasteiger partial charge in [-0.25, -0.2) is 8.42 Å². The van der Waals surface area contributed by atoms with Crippen LogP contribution in [0.5, 0.6) is 5.75 Å². The van der Waals surface area contributed by atoms with E-state index in [1.807, 2.05) is 25.1 Å². The molecule has 1 aliphatic rings. The summed E-state index contributed by atoms with van der Waals surface area (Å²) >= 11 is 0. The van der Waals surface area contributed by atoms with E-state index in [4.69, 9.17) is 9.47 Å². The van der Waals surface area contributed by atoms with E-state index in [0.29, 0.717) is 23.7 Å². The Morgan fingerprint density at radius 1 is 1.09 bits per heavy atom. The third-order valence-corrected chi connectivity index (χ3v) is 6.91. The summed E-state index contributed by atoms with van der Waals surface area (Å²) in [6, 6.07) is 20.7. The molecule has 0 aliphatic carbocycles. The average molecular weight is 453 g/mol. The molecule has 7 nitrogen and oxygen atoms in total. The molecule has 166 valence electrons. The van der Waals surface area contributed by atoms with Gasteiger partial charge in [0.05, 0.1) is 23.7 Å². The van der Waals surface area contributed by atoms with Gasteiger partial charge >= 0.3 is 0 Å². The molecule has 1 unspecified atom stereocenters. The average Bonchev–Trinajstić information content (AvgIpc) is 2.79. The van der Waals surface area contributed by atoms with E-state index in [0.717, 1.165) is 11.1 Å². The molecule has 0 fully saturated rings. The van der Waals surface area contributed by atoms with Crippen LogP contribution in [0.15, 0.2) is 77.7 Å². The number of fused-ring (bicyclic) bond motifs is 1. The number of amides is 1. The fraction of sp³-hybridized carbons (Fsp3) is 0.208. The molecule has 4 rings (SSSR count). The summed E-state index contributed by atoms with van der Waals surface area (Å²) in [5.41, 5.74) is 2.79. The number of benzene rings is 3. The largest absolute Gasteiger partial charge is 0.476 e. The van der Waals surface area contributed by atoms with Gasteiger partial charge < -0.3 is 14.8 Å². The Labute approximate surface area is 187 Å². The summed E-state index contributed by atoms with van der Waals surface area (Å²) in [7, 11) is -2.29. The number of hydrogen-bond acceptors (Lipinski definition) is 5. The maximum absolute atomic E-state index is 13.4. The monoisotopic (exact) mass is 452 g/mol. The topological polar surface area (TPSA) is 84.9 Å². The van der Waals surface area contributed by atoms with Crippen LogP contribution in [0.4, 0.5) is 11.4 Å². The SMILES string of the molecule is COCc1cccc(NC(=O)C2CN(S(=O)(=O)c3ccccc3)c3cc(C)ccc3O2)c1. The van der Waals surface area contributed by atoms with Gasteiger partial charge in [-0.05, 0) is 54.4 Å². The zero-order chi connectivity index (χ0) is 22.7. The van der Waals surface area contributed by atoms with E-state index < -0.39 is 22.0 Å². The lowest BCUT2D eigenvalue weighted by molar-refractivity contribution is -0.122. The number of nitrogens with zero attached hydrogens (tertiary/aromatic N) is 1. The third-order valence-electron chi connectivity index (χ3n) is 5.11. The second-order valence-corrected chi connectivity index (χ2v) is 9.41. The maximum atomic E-state index is 13.4. The summed E-state index contributed by atoms with van der Waals surface area (Å²) in [6.45, 7) is 2.15. The Morgan fingerprint density at radius 3 is 2.62 bits per heavy atom. The molecule has 1 aliphatic heterocycles. The van der Waals surface area contributed by atoms with E-state index in [2.05, 4.69) is 5.32 Å². The zero-order valence-corrected chi connectivity index (χ0v) is 18.6. The van der Waals surface area contributed by atoms with Gasteiger partial charge in [-0.15, -0.1) is 0 Å². The van der Waals surface area contributed by atoms with Crippen molar-refractivity contribution in [3.05, 3.63) is 83.9 Å². The highest BCUT2D eigenvalue weighted by atomic mass is 32.2. The predicted molar refractivity (Wildman–Crippen MR) is 122 cm³/mol. The number of nitrogens with one attached hydrogen (secondary N) is 1. The van der Waals surface area contributed by atoms with Crippen LogP contribution in [-0.4, -0.2) is 34.1 Å². The van der Waals surface area contributed by atoms with Gasteiger partial charge in [0.25, 0.3) is 15.9 Å². The molecule has 0 saturated heterocycles. The molecular weight excluding hydrogens is 428 g/mol. The summed E-state index contributed by atoms with van der Waals surface area (Å²) in [5, 5.41) is 2.82. The Balaban J connectivity index is 1.65. The highest BCUT2D eigenvalue weighted by Crippen LogP contribution is 2.38. The summed E-state index contributed by atoms with van der Waals surface area (Å²) in [5.74, 6) is -0.0892. The molecule has 0 radical (unpaired) electrons. The van der Waals surface area contributed by atoms with Crippen molar-refractivity contribution < 1.29 is 22.7 Å². The first-order valence-electron chi connectivity index (χ1n) is 10.1. The lowest BCUT2D eigenvalue weighted by Gasteiger charge is -2.35. The Morgan fingerprint density at radius 2 is 1.88 bits per heavy atom. The standard InChI is InChI=1S/C24H24N2O5S/c1-17-11-12-22-21(13-17)26(32(28,29)20-9-4-3-5-10-20)15-23(31-22)24(27)25-19-8-6-7-18(14-19)16-30-2/h3-14,23H,15-16H2,1-2H3,(H,25,27). The summed E-state index contributed by atoms with van der Waals surface area (Å²) < 4.78 is 39.2. The van der Waals surface area contributed by atoms with Gasteiger partial charge in [0.2, 0.25) is 0 Å². The molecule has 0 aromatic heterocycles. The van der Waals surface area contributed by atoms with Crippen LogP contribution in [0.2, 0.25) is 0 Å². The van der Waals surface area contributed by atoms with Crippen molar-refractivity contribution in [1.82, 2.24) is 0 Å². The van der Waals surface area contributed by atoms with Crippen LogP contribution in [0.3, 0.4) is 0 Å². The number of carbonyl (C=O) groups is 1. The molecule has 1 amide bonds. The number of aryl methyl sites for hydroxylation is 1. The second kappa shape index (κ2) is 9.02. The van der Waals surface area contributed by atoms with Gasteiger partial charge in [0, 0.05) is 12.8 Å². The number of methoxy groups -OCH3 is 1. The van der Waals surface area contributed by atoms with Gasteiger partial charge in [0.1, 0.15) is 5.75 Å². The van der Waals surface area contributed by atoms with Crippen molar-refractivity contribution in [2.45, 2.75) is 24.5 Å². The molecular formula is C24H24N2O5S. The highest BCUT2D eigenvalue weighted by molar-refractivity contribution is 7.92. The van der Waals surface area contributed by atoms with E-state index in [1.165, 1.54) is 16.4 Å². The third kappa shape index (κ3) is 4.46. The van der Waals surface area contributed by atoms with Crippen LogP contribution in [0.1, 0.15) is 11.1 Å². The lowest BCUT2D eigenvalue weighted by atomic mass is 10.1. The van der Waals surface area contributed by atoms with Crippen molar-refractivity contribution in [1.29, 1.82) is 0 Å². The van der Waals surface area contributed by atoms with Crippen LogP contribution in [0.25, 0.3) is 0 Å². The number of rotatable bonds is 6. The van der Waals surface area contributed by atoms with E-state index in [9.17, 15) is 13.2 Å². The van der Waals surface area contributed by atoms with Crippen molar-refractivity contribution in [3.8, 4) is 5.75 Å². The van der Waals surface area contributed by atoms with Crippen LogP contribution in [-0.2, 0) is 26.2 Å². The van der Waals surface area contributed by atoms with Gasteiger partial charge in [-0.1, -0.05) is 36.4 Å². The van der Waals surface area contributed by atoms with E-state index >= 15 is 0 Å². The first kappa shape index (κ1) is 21.9. The summed E-state index contributed by atoms with van der Waals surface area (Å²) in [4.78, 5) is 13.2. The molecule has 3 aromatic carbocycles. The molecule has 3 aromatic rings. The lowest BCUT2D eigenvalue weighted by Crippen LogP contribution is -2.48. The van der Waals surface area contributed by atoms with Crippen LogP contribution < -0.4 is 14.4 Å². The molecule has 1 atom stereocenters. The first-order chi connectivity index (χ1) is 15.4. The van der Waals surface area contributed by atoms with Crippen LogP contribution >= 0.6 is 0 Å². The minimum absolute atomic E-state index is 0.142. The van der Waals surface area contributed by atoms with Crippen LogP contribution in [0, 0.1) is 6.92 Å². The van der Waals surface area contributed by atoms with Crippen molar-refractivity contribution in [2.24, 2.45) is 0 Å². The fourth-order valence-electron chi connectivity index (χ4n) is 3.57. The van der Waals surface area contributed by atoms with E-state index in [1.54, 1.807) is 49.6 Å². The molecule has 8 heteroatoms. The van der Waals surface area contributed by atoms with Gasteiger partial charge in [-0.2, -0.15) is 0 Å². The van der Waals surface area contributed by atoms with Crippen molar-refractivity contribution in [2.75, 3.05) is 23.3 Å². The Bertz CT molecular complexity index is 1230. The molecule has 0 spiro atoms. The summed E-state index contributed by atoms with van der Waals surface area (Å²) in [6.07, 6.45) is -1.02. The predicted octanol–water partition coefficient (Wildman–Crippen LogP) is 3.74. The quantitative estimate of drug-likeness (QED) is 0.616. The van der Waals surface area contributed by atoms with Crippen molar-refractivity contribution >= 4 is 27.3 Å². The molecule has 32 heavy (non-hydrogen) atoms. The number of sulfonamides is 1. The first-order valence-corrected chi connectivity index (χ1v) is 11.6. The molecule has 0 bridgehead atoms. The molecule has 1 heterocycles. The molecule has 1 N–H and O–H groups in total. The Hall–Kier alpha value is -3.36. The number of hydrogen-bond donors (Lipinski definition) is 1. The normalized spacial score (nSPS) is 15.6. The number of carbonyl (C=O) groups excluding carboxylic acids is 1. The molecule has 0 saturated carbocycles. The zero-order valence-electron chi connectivity index (χ0n) is 17.8.